The number of aromatic amines is 1. The summed E-state index contributed by atoms with van der Waals surface area (Å²) in [5.41, 5.74) is 5.77. The Morgan fingerprint density at radius 2 is 1.71 bits per heavy atom. The van der Waals surface area contributed by atoms with Crippen molar-refractivity contribution in [3.63, 3.8) is 0 Å². The lowest BCUT2D eigenvalue weighted by Gasteiger charge is -2.32. The van der Waals surface area contributed by atoms with Gasteiger partial charge >= 0.3 is 0 Å². The zero-order valence-corrected chi connectivity index (χ0v) is 22.0. The van der Waals surface area contributed by atoms with Gasteiger partial charge in [0, 0.05) is 23.8 Å². The van der Waals surface area contributed by atoms with E-state index < -0.39 is 0 Å². The lowest BCUT2D eigenvalue weighted by Crippen LogP contribution is -2.29. The molecule has 0 fully saturated rings. The summed E-state index contributed by atoms with van der Waals surface area (Å²) in [5.74, 6) is 0. The predicted molar refractivity (Wildman–Crippen MR) is 152 cm³/mol. The zero-order chi connectivity index (χ0) is 26.5. The summed E-state index contributed by atoms with van der Waals surface area (Å²) in [6.45, 7) is 4.91. The molecule has 3 aromatic carbocycles. The van der Waals surface area contributed by atoms with Crippen LogP contribution in [0.15, 0.2) is 85.2 Å². The van der Waals surface area contributed by atoms with Crippen LogP contribution in [0, 0.1) is 11.3 Å². The van der Waals surface area contributed by atoms with Crippen LogP contribution in [-0.2, 0) is 0 Å². The second kappa shape index (κ2) is 11.3. The van der Waals surface area contributed by atoms with Crippen molar-refractivity contribution >= 4 is 33.9 Å². The largest absolute Gasteiger partial charge is 0.377 e. The summed E-state index contributed by atoms with van der Waals surface area (Å²) in [6.07, 6.45) is 4.18. The minimum absolute atomic E-state index is 0.0193. The van der Waals surface area contributed by atoms with Crippen molar-refractivity contribution in [2.75, 3.05) is 16.8 Å². The highest BCUT2D eigenvalue weighted by molar-refractivity contribution is 6.35. The van der Waals surface area contributed by atoms with Crippen molar-refractivity contribution in [2.45, 2.75) is 32.4 Å². The first-order chi connectivity index (χ1) is 18.6. The van der Waals surface area contributed by atoms with Crippen LogP contribution in [0.4, 0.5) is 11.4 Å². The van der Waals surface area contributed by atoms with Gasteiger partial charge < -0.3 is 10.2 Å². The van der Waals surface area contributed by atoms with E-state index in [4.69, 9.17) is 11.6 Å². The van der Waals surface area contributed by atoms with Crippen LogP contribution in [0.5, 0.6) is 0 Å². The number of pyridine rings is 1. The van der Waals surface area contributed by atoms with Gasteiger partial charge in [-0.3, -0.25) is 4.98 Å². The van der Waals surface area contributed by atoms with Gasteiger partial charge in [-0.1, -0.05) is 79.2 Å². The van der Waals surface area contributed by atoms with Gasteiger partial charge in [0.15, 0.2) is 0 Å². The Hall–Kier alpha value is -4.41. The molecule has 2 heterocycles. The summed E-state index contributed by atoms with van der Waals surface area (Å²) >= 11 is 6.86. The minimum atomic E-state index is -0.190. The maximum atomic E-state index is 10.00. The zero-order valence-electron chi connectivity index (χ0n) is 21.3. The normalized spacial score (nSPS) is 12.6. The molecule has 2 N–H and O–H groups in total. The molecule has 190 valence electrons. The number of hydrogen-bond acceptors (Lipinski definition) is 6. The predicted octanol–water partition coefficient (Wildman–Crippen LogP) is 7.06. The Kier molecular flexibility index (Phi) is 7.52. The number of benzene rings is 3. The smallest absolute Gasteiger partial charge is 0.109 e. The van der Waals surface area contributed by atoms with Crippen LogP contribution >= 0.6 is 11.6 Å². The standard InChI is InChI=1S/C30H28ClN7/c1-3-26(20-11-7-5-8-12-20)35-28-22(17-32)18-33-29-24(28)15-23(16-25(29)31)38(4-2)30(27-19-34-37-36-27)21-13-9-6-10-14-21/h5-16,18-19,26,30H,3-4H2,1-2H3,(H,33,35)(H,34,36,37). The van der Waals surface area contributed by atoms with E-state index in [0.29, 0.717) is 22.6 Å². The van der Waals surface area contributed by atoms with Crippen LogP contribution < -0.4 is 10.2 Å². The third kappa shape index (κ3) is 4.91. The number of anilines is 2. The Morgan fingerprint density at radius 3 is 2.32 bits per heavy atom. The minimum Gasteiger partial charge on any atom is -0.377 e. The van der Waals surface area contributed by atoms with Crippen molar-refractivity contribution in [1.82, 2.24) is 20.4 Å². The molecule has 38 heavy (non-hydrogen) atoms. The fourth-order valence-electron chi connectivity index (χ4n) is 4.93. The van der Waals surface area contributed by atoms with E-state index >= 15 is 0 Å². The molecule has 0 aliphatic heterocycles. The van der Waals surface area contributed by atoms with Gasteiger partial charge in [0.25, 0.3) is 0 Å². The molecule has 0 spiro atoms. The lowest BCUT2D eigenvalue weighted by molar-refractivity contribution is 0.701. The Labute approximate surface area is 227 Å². The molecule has 0 saturated carbocycles. The number of aromatic nitrogens is 4. The van der Waals surface area contributed by atoms with Gasteiger partial charge in [-0.05, 0) is 36.6 Å². The Balaban J connectivity index is 1.66. The van der Waals surface area contributed by atoms with Crippen LogP contribution in [0.1, 0.15) is 54.7 Å². The highest BCUT2D eigenvalue weighted by Crippen LogP contribution is 2.39. The number of hydrogen-bond donors (Lipinski definition) is 2. The van der Waals surface area contributed by atoms with Crippen molar-refractivity contribution < 1.29 is 0 Å². The average Bonchev–Trinajstić information content (AvgIpc) is 3.49. The van der Waals surface area contributed by atoms with E-state index in [1.165, 1.54) is 0 Å². The van der Waals surface area contributed by atoms with Crippen LogP contribution in [0.25, 0.3) is 10.9 Å². The number of nitrogens with zero attached hydrogens (tertiary/aromatic N) is 5. The molecule has 0 saturated heterocycles. The number of H-pyrrole nitrogens is 1. The highest BCUT2D eigenvalue weighted by Gasteiger charge is 2.26. The van der Waals surface area contributed by atoms with Gasteiger partial charge in [-0.15, -0.1) is 0 Å². The third-order valence-electron chi connectivity index (χ3n) is 6.77. The second-order valence-corrected chi connectivity index (χ2v) is 9.40. The van der Waals surface area contributed by atoms with Gasteiger partial charge in [0.05, 0.1) is 34.0 Å². The molecule has 5 aromatic rings. The molecule has 2 atom stereocenters. The molecular formula is C30H28ClN7. The maximum Gasteiger partial charge on any atom is 0.109 e. The summed E-state index contributed by atoms with van der Waals surface area (Å²) in [5, 5.41) is 26.2. The monoisotopic (exact) mass is 521 g/mol. The topological polar surface area (TPSA) is 93.5 Å². The first kappa shape index (κ1) is 25.2. The first-order valence-electron chi connectivity index (χ1n) is 12.7. The molecule has 0 bridgehead atoms. The fourth-order valence-corrected chi connectivity index (χ4v) is 5.20. The lowest BCUT2D eigenvalue weighted by atomic mass is 10.00. The Bertz CT molecular complexity index is 1550. The molecule has 0 radical (unpaired) electrons. The summed E-state index contributed by atoms with van der Waals surface area (Å²) in [7, 11) is 0. The molecule has 5 rings (SSSR count). The molecule has 0 aliphatic carbocycles. The summed E-state index contributed by atoms with van der Waals surface area (Å²) < 4.78 is 0. The molecule has 0 amide bonds. The van der Waals surface area contributed by atoms with Gasteiger partial charge in [0.2, 0.25) is 0 Å². The molecule has 2 aromatic heterocycles. The van der Waals surface area contributed by atoms with Gasteiger partial charge in [-0.25, -0.2) is 0 Å². The van der Waals surface area contributed by atoms with Crippen molar-refractivity contribution in [3.05, 3.63) is 113 Å². The second-order valence-electron chi connectivity index (χ2n) is 8.99. The fraction of sp³-hybridized carbons (Fsp3) is 0.200. The van der Waals surface area contributed by atoms with E-state index in [1.807, 2.05) is 42.5 Å². The number of halogens is 1. The highest BCUT2D eigenvalue weighted by atomic mass is 35.5. The van der Waals surface area contributed by atoms with Gasteiger partial charge in [0.1, 0.15) is 17.8 Å². The van der Waals surface area contributed by atoms with Gasteiger partial charge in [-0.2, -0.15) is 20.7 Å². The van der Waals surface area contributed by atoms with Crippen LogP contribution in [0.3, 0.4) is 0 Å². The van der Waals surface area contributed by atoms with Crippen LogP contribution in [0.2, 0.25) is 5.02 Å². The van der Waals surface area contributed by atoms with E-state index in [9.17, 15) is 5.26 Å². The van der Waals surface area contributed by atoms with E-state index in [0.717, 1.165) is 40.0 Å². The molecular weight excluding hydrogens is 494 g/mol. The average molecular weight is 522 g/mol. The molecule has 8 heteroatoms. The van der Waals surface area contributed by atoms with Crippen molar-refractivity contribution in [2.24, 2.45) is 0 Å². The molecule has 2 unspecified atom stereocenters. The van der Waals surface area contributed by atoms with E-state index in [2.05, 4.69) is 80.9 Å². The number of nitrogens with one attached hydrogen (secondary N) is 2. The Morgan fingerprint density at radius 1 is 1.00 bits per heavy atom. The van der Waals surface area contributed by atoms with E-state index in [-0.39, 0.29) is 12.1 Å². The summed E-state index contributed by atoms with van der Waals surface area (Å²) in [4.78, 5) is 6.79. The quantitative estimate of drug-likeness (QED) is 0.216. The molecule has 7 nitrogen and oxygen atoms in total. The van der Waals surface area contributed by atoms with Crippen molar-refractivity contribution in [1.29, 1.82) is 5.26 Å². The van der Waals surface area contributed by atoms with E-state index in [1.54, 1.807) is 12.4 Å². The first-order valence-corrected chi connectivity index (χ1v) is 13.0. The summed E-state index contributed by atoms with van der Waals surface area (Å²) in [6, 6.07) is 26.6. The van der Waals surface area contributed by atoms with Crippen molar-refractivity contribution in [3.8, 4) is 6.07 Å². The maximum absolute atomic E-state index is 10.00. The third-order valence-corrected chi connectivity index (χ3v) is 7.06. The number of fused-ring (bicyclic) bond motifs is 1. The van der Waals surface area contributed by atoms with Crippen LogP contribution in [-0.4, -0.2) is 26.9 Å². The number of nitriles is 1. The molecule has 0 aliphatic rings. The SMILES string of the molecule is CCC(Nc1c(C#N)cnc2c(Cl)cc(N(CC)C(c3ccccc3)c3cn[nH]n3)cc12)c1ccccc1. The number of rotatable bonds is 9.